The van der Waals surface area contributed by atoms with E-state index in [0.29, 0.717) is 13.0 Å². The molecule has 110 valence electrons. The molecule has 8 heteroatoms. The standard InChI is InChI=1S/C12H16N2O4S2/c1-10-4-6-11(7-5-10)20(17,18)13-12-14(2)8-3-9-19(12,15)16/h4-7H,3,8-9H2,1-2H3/b13-12-. The summed E-state index contributed by atoms with van der Waals surface area (Å²) in [6, 6.07) is 6.13. The fourth-order valence-corrected chi connectivity index (χ4v) is 4.85. The van der Waals surface area contributed by atoms with E-state index < -0.39 is 19.9 Å². The molecule has 1 heterocycles. The van der Waals surface area contributed by atoms with E-state index in [1.165, 1.54) is 24.1 Å². The molecule has 1 saturated heterocycles. The van der Waals surface area contributed by atoms with Gasteiger partial charge in [-0.05, 0) is 25.5 Å². The molecule has 20 heavy (non-hydrogen) atoms. The Morgan fingerprint density at radius 2 is 1.80 bits per heavy atom. The van der Waals surface area contributed by atoms with Crippen LogP contribution in [0.3, 0.4) is 0 Å². The molecule has 1 fully saturated rings. The fraction of sp³-hybridized carbons (Fsp3) is 0.417. The van der Waals surface area contributed by atoms with E-state index in [1.807, 2.05) is 6.92 Å². The maximum atomic E-state index is 12.2. The number of aryl methyl sites for hydroxylation is 1. The smallest absolute Gasteiger partial charge is 0.284 e. The van der Waals surface area contributed by atoms with Crippen molar-refractivity contribution < 1.29 is 16.8 Å². The molecule has 0 amide bonds. The van der Waals surface area contributed by atoms with Crippen molar-refractivity contribution in [1.29, 1.82) is 0 Å². The summed E-state index contributed by atoms with van der Waals surface area (Å²) in [6.45, 7) is 2.31. The molecule has 0 atom stereocenters. The van der Waals surface area contributed by atoms with Crippen LogP contribution in [0.1, 0.15) is 12.0 Å². The Bertz CT molecular complexity index is 734. The summed E-state index contributed by atoms with van der Waals surface area (Å²) in [5, 5.41) is -0.371. The predicted octanol–water partition coefficient (Wildman–Crippen LogP) is 0.790. The molecule has 0 radical (unpaired) electrons. The quantitative estimate of drug-likeness (QED) is 0.805. The van der Waals surface area contributed by atoms with E-state index >= 15 is 0 Å². The molecule has 0 spiro atoms. The van der Waals surface area contributed by atoms with Crippen LogP contribution in [-0.4, -0.2) is 46.2 Å². The zero-order chi connectivity index (χ0) is 15.0. The van der Waals surface area contributed by atoms with Crippen molar-refractivity contribution in [3.05, 3.63) is 29.8 Å². The zero-order valence-electron chi connectivity index (χ0n) is 11.3. The normalized spacial score (nSPS) is 21.1. The van der Waals surface area contributed by atoms with Crippen molar-refractivity contribution in [1.82, 2.24) is 4.90 Å². The van der Waals surface area contributed by atoms with Crippen molar-refractivity contribution >= 4 is 25.0 Å². The van der Waals surface area contributed by atoms with Gasteiger partial charge in [-0.15, -0.1) is 4.40 Å². The van der Waals surface area contributed by atoms with Gasteiger partial charge in [-0.25, -0.2) is 8.42 Å². The molecule has 0 aliphatic carbocycles. The second-order valence-corrected chi connectivity index (χ2v) is 8.36. The average molecular weight is 316 g/mol. The molecule has 0 bridgehead atoms. The largest absolute Gasteiger partial charge is 0.350 e. The van der Waals surface area contributed by atoms with Crippen LogP contribution in [-0.2, 0) is 19.9 Å². The summed E-state index contributed by atoms with van der Waals surface area (Å²) in [5.41, 5.74) is 0.916. The van der Waals surface area contributed by atoms with Crippen molar-refractivity contribution in [3.8, 4) is 0 Å². The molecule has 1 aromatic carbocycles. The van der Waals surface area contributed by atoms with Gasteiger partial charge in [0.05, 0.1) is 10.6 Å². The van der Waals surface area contributed by atoms with E-state index in [9.17, 15) is 16.8 Å². The third-order valence-electron chi connectivity index (χ3n) is 3.03. The molecule has 1 aliphatic rings. The molecular formula is C12H16N2O4S2. The van der Waals surface area contributed by atoms with Crippen LogP contribution in [0.2, 0.25) is 0 Å². The first kappa shape index (κ1) is 15.0. The number of sulfonamides is 1. The van der Waals surface area contributed by atoms with Gasteiger partial charge in [-0.3, -0.25) is 0 Å². The third-order valence-corrected chi connectivity index (χ3v) is 6.21. The van der Waals surface area contributed by atoms with E-state index in [-0.39, 0.29) is 15.8 Å². The summed E-state index contributed by atoms with van der Waals surface area (Å²) >= 11 is 0. The van der Waals surface area contributed by atoms with Gasteiger partial charge in [0, 0.05) is 13.6 Å². The summed E-state index contributed by atoms with van der Waals surface area (Å²) in [5.74, 6) is -0.0699. The van der Waals surface area contributed by atoms with E-state index in [2.05, 4.69) is 4.40 Å². The first-order valence-corrected chi connectivity index (χ1v) is 9.17. The molecular weight excluding hydrogens is 300 g/mol. The SMILES string of the molecule is Cc1ccc(S(=O)(=O)/N=C2/N(C)CCCS2(=O)=O)cc1. The number of benzene rings is 1. The van der Waals surface area contributed by atoms with E-state index in [0.717, 1.165) is 5.56 Å². The molecule has 1 aromatic rings. The Morgan fingerprint density at radius 1 is 1.20 bits per heavy atom. The minimum Gasteiger partial charge on any atom is -0.350 e. The Kier molecular flexibility index (Phi) is 3.88. The molecule has 0 saturated carbocycles. The number of hydrogen-bond acceptors (Lipinski definition) is 4. The third kappa shape index (κ3) is 3.01. The molecule has 6 nitrogen and oxygen atoms in total. The minimum atomic E-state index is -4.01. The van der Waals surface area contributed by atoms with E-state index in [1.54, 1.807) is 12.1 Å². The van der Waals surface area contributed by atoms with Gasteiger partial charge in [0.1, 0.15) is 0 Å². The molecule has 2 rings (SSSR count). The highest BCUT2D eigenvalue weighted by molar-refractivity contribution is 8.07. The summed E-state index contributed by atoms with van der Waals surface area (Å²) in [4.78, 5) is 1.36. The van der Waals surface area contributed by atoms with Crippen molar-refractivity contribution in [2.45, 2.75) is 18.2 Å². The van der Waals surface area contributed by atoms with Crippen LogP contribution in [0.4, 0.5) is 0 Å². The monoisotopic (exact) mass is 316 g/mol. The van der Waals surface area contributed by atoms with Crippen LogP contribution < -0.4 is 0 Å². The second kappa shape index (κ2) is 5.17. The first-order valence-electron chi connectivity index (χ1n) is 6.08. The van der Waals surface area contributed by atoms with Gasteiger partial charge in [0.2, 0.25) is 15.0 Å². The number of amidine groups is 1. The van der Waals surface area contributed by atoms with Crippen LogP contribution in [0.15, 0.2) is 33.6 Å². The Morgan fingerprint density at radius 3 is 2.35 bits per heavy atom. The van der Waals surface area contributed by atoms with E-state index in [4.69, 9.17) is 0 Å². The Labute approximate surface area is 119 Å². The van der Waals surface area contributed by atoms with Crippen LogP contribution in [0, 0.1) is 6.92 Å². The van der Waals surface area contributed by atoms with Crippen LogP contribution >= 0.6 is 0 Å². The lowest BCUT2D eigenvalue weighted by atomic mass is 10.2. The summed E-state index contributed by atoms with van der Waals surface area (Å²) in [7, 11) is -6.11. The topological polar surface area (TPSA) is 83.9 Å². The predicted molar refractivity (Wildman–Crippen MR) is 76.8 cm³/mol. The molecule has 0 unspecified atom stereocenters. The fourth-order valence-electron chi connectivity index (χ4n) is 1.91. The van der Waals surface area contributed by atoms with Crippen molar-refractivity contribution in [2.24, 2.45) is 4.40 Å². The van der Waals surface area contributed by atoms with Gasteiger partial charge in [0.25, 0.3) is 10.0 Å². The average Bonchev–Trinajstić information content (AvgIpc) is 2.34. The minimum absolute atomic E-state index is 0.00947. The summed E-state index contributed by atoms with van der Waals surface area (Å²) in [6.07, 6.45) is 0.475. The van der Waals surface area contributed by atoms with Gasteiger partial charge < -0.3 is 4.90 Å². The lowest BCUT2D eigenvalue weighted by Crippen LogP contribution is -2.41. The van der Waals surface area contributed by atoms with Crippen LogP contribution in [0.25, 0.3) is 0 Å². The summed E-state index contributed by atoms with van der Waals surface area (Å²) < 4.78 is 51.7. The lowest BCUT2D eigenvalue weighted by molar-refractivity contribution is 0.486. The molecule has 0 aromatic heterocycles. The van der Waals surface area contributed by atoms with Crippen LogP contribution in [0.5, 0.6) is 0 Å². The van der Waals surface area contributed by atoms with Crippen molar-refractivity contribution in [3.63, 3.8) is 0 Å². The Hall–Kier alpha value is -1.41. The van der Waals surface area contributed by atoms with Gasteiger partial charge in [0.15, 0.2) is 0 Å². The number of nitrogens with zero attached hydrogens (tertiary/aromatic N) is 2. The van der Waals surface area contributed by atoms with Gasteiger partial charge >= 0.3 is 0 Å². The number of hydrogen-bond donors (Lipinski definition) is 0. The van der Waals surface area contributed by atoms with Gasteiger partial charge in [-0.2, -0.15) is 8.42 Å². The first-order chi connectivity index (χ1) is 9.22. The number of rotatable bonds is 2. The highest BCUT2D eigenvalue weighted by Crippen LogP contribution is 2.17. The maximum Gasteiger partial charge on any atom is 0.284 e. The maximum absolute atomic E-state index is 12.2. The second-order valence-electron chi connectivity index (χ2n) is 4.76. The highest BCUT2D eigenvalue weighted by Gasteiger charge is 2.30. The zero-order valence-corrected chi connectivity index (χ0v) is 12.9. The number of sulfone groups is 1. The molecule has 0 N–H and O–H groups in total. The molecule has 1 aliphatic heterocycles. The van der Waals surface area contributed by atoms with Crippen molar-refractivity contribution in [2.75, 3.05) is 19.3 Å². The Balaban J connectivity index is 2.49. The van der Waals surface area contributed by atoms with Gasteiger partial charge in [-0.1, -0.05) is 17.7 Å². The lowest BCUT2D eigenvalue weighted by Gasteiger charge is -2.25. The highest BCUT2D eigenvalue weighted by atomic mass is 32.2.